The average Bonchev–Trinajstić information content (AvgIpc) is 2.62. The van der Waals surface area contributed by atoms with Crippen molar-refractivity contribution in [2.75, 3.05) is 25.7 Å². The van der Waals surface area contributed by atoms with Crippen molar-refractivity contribution >= 4 is 10.9 Å². The van der Waals surface area contributed by atoms with Crippen LogP contribution in [0.2, 0.25) is 0 Å². The second-order valence-corrected chi connectivity index (χ2v) is 6.46. The molecule has 2 saturated heterocycles. The minimum atomic E-state index is -0.315. The fourth-order valence-corrected chi connectivity index (χ4v) is 5.66. The van der Waals surface area contributed by atoms with Crippen LogP contribution in [-0.2, 0) is 20.4 Å². The molecular formula is C10H19O3S+. The fourth-order valence-electron chi connectivity index (χ4n) is 2.60. The lowest BCUT2D eigenvalue weighted by atomic mass is 10.0. The molecule has 4 heteroatoms. The topological polar surface area (TPSA) is 38.7 Å². The van der Waals surface area contributed by atoms with Gasteiger partial charge in [-0.2, -0.15) is 0 Å². The zero-order valence-electron chi connectivity index (χ0n) is 8.81. The molecular weight excluding hydrogens is 200 g/mol. The highest BCUT2D eigenvalue weighted by molar-refractivity contribution is 7.97. The first-order valence-corrected chi connectivity index (χ1v) is 6.80. The van der Waals surface area contributed by atoms with Crippen LogP contribution >= 0.6 is 0 Å². The van der Waals surface area contributed by atoms with Crippen LogP contribution in [-0.4, -0.2) is 54.4 Å². The number of rotatable bonds is 2. The van der Waals surface area contributed by atoms with Gasteiger partial charge in [0.15, 0.2) is 5.25 Å². The summed E-state index contributed by atoms with van der Waals surface area (Å²) in [6.07, 6.45) is 2.08. The van der Waals surface area contributed by atoms with Crippen molar-refractivity contribution in [3.63, 3.8) is 0 Å². The van der Waals surface area contributed by atoms with Gasteiger partial charge in [-0.3, -0.25) is 0 Å². The lowest BCUT2D eigenvalue weighted by molar-refractivity contribution is -0.0397. The second kappa shape index (κ2) is 4.39. The molecule has 0 amide bonds. The zero-order valence-corrected chi connectivity index (χ0v) is 9.63. The Labute approximate surface area is 88.1 Å². The van der Waals surface area contributed by atoms with Crippen molar-refractivity contribution in [3.05, 3.63) is 0 Å². The van der Waals surface area contributed by atoms with Crippen molar-refractivity contribution in [1.82, 2.24) is 0 Å². The van der Waals surface area contributed by atoms with Gasteiger partial charge >= 0.3 is 0 Å². The highest BCUT2D eigenvalue weighted by Crippen LogP contribution is 2.34. The molecule has 0 radical (unpaired) electrons. The van der Waals surface area contributed by atoms with E-state index in [9.17, 15) is 5.11 Å². The molecule has 0 saturated carbocycles. The number of hydrogen-bond acceptors (Lipinski definition) is 3. The summed E-state index contributed by atoms with van der Waals surface area (Å²) in [7, 11) is 3.82. The Morgan fingerprint density at radius 3 is 2.21 bits per heavy atom. The molecule has 2 aliphatic heterocycles. The molecule has 14 heavy (non-hydrogen) atoms. The van der Waals surface area contributed by atoms with E-state index in [2.05, 4.69) is 0 Å². The van der Waals surface area contributed by atoms with E-state index in [1.54, 1.807) is 14.2 Å². The summed E-state index contributed by atoms with van der Waals surface area (Å²) >= 11 is 0. The molecule has 2 rings (SSSR count). The third-order valence-electron chi connectivity index (χ3n) is 3.40. The number of aliphatic hydroxyl groups is 1. The van der Waals surface area contributed by atoms with Crippen molar-refractivity contribution < 1.29 is 14.6 Å². The maximum atomic E-state index is 10.1. The number of hydrogen-bond donors (Lipinski definition) is 1. The summed E-state index contributed by atoms with van der Waals surface area (Å²) in [6.45, 7) is 0. The quantitative estimate of drug-likeness (QED) is 0.673. The predicted octanol–water partition coefficient (Wildman–Crippen LogP) is 0.172. The van der Waals surface area contributed by atoms with Crippen LogP contribution in [0, 0.1) is 0 Å². The maximum Gasteiger partial charge on any atom is 0.172 e. The average molecular weight is 219 g/mol. The van der Waals surface area contributed by atoms with Gasteiger partial charge in [0, 0.05) is 27.1 Å². The van der Waals surface area contributed by atoms with E-state index in [4.69, 9.17) is 9.47 Å². The van der Waals surface area contributed by atoms with Gasteiger partial charge in [0.05, 0.1) is 6.10 Å². The van der Waals surface area contributed by atoms with Crippen LogP contribution in [0.4, 0.5) is 0 Å². The number of methoxy groups -OCH3 is 2. The standard InChI is InChI=1S/C10H19O3S/c1-12-7-3-5-14-6-4-8(13-2)10(14)9(7)11/h7-11H,3-6H2,1-2H3/q+1/t7-,8-,9-,10+,14?/m1/s1. The Kier molecular flexibility index (Phi) is 3.37. The highest BCUT2D eigenvalue weighted by Gasteiger charge is 2.54. The molecule has 1 N–H and O–H groups in total. The van der Waals surface area contributed by atoms with Gasteiger partial charge in [0.25, 0.3) is 0 Å². The fraction of sp³-hybridized carbons (Fsp3) is 1.00. The number of ether oxygens (including phenoxy) is 2. The maximum absolute atomic E-state index is 10.1. The minimum Gasteiger partial charge on any atom is -0.385 e. The normalized spacial score (nSPS) is 47.8. The molecule has 1 unspecified atom stereocenters. The van der Waals surface area contributed by atoms with E-state index in [1.165, 1.54) is 11.5 Å². The van der Waals surface area contributed by atoms with Crippen LogP contribution < -0.4 is 0 Å². The lowest BCUT2D eigenvalue weighted by Crippen LogP contribution is -2.51. The van der Waals surface area contributed by atoms with Crippen molar-refractivity contribution in [1.29, 1.82) is 0 Å². The van der Waals surface area contributed by atoms with E-state index < -0.39 is 0 Å². The van der Waals surface area contributed by atoms with Crippen LogP contribution in [0.25, 0.3) is 0 Å². The highest BCUT2D eigenvalue weighted by atomic mass is 32.2. The first kappa shape index (κ1) is 10.7. The number of fused-ring (bicyclic) bond motifs is 1. The van der Waals surface area contributed by atoms with Gasteiger partial charge in [0.2, 0.25) is 0 Å². The first-order chi connectivity index (χ1) is 6.77. The molecule has 82 valence electrons. The molecule has 0 aliphatic carbocycles. The predicted molar refractivity (Wildman–Crippen MR) is 57.7 cm³/mol. The zero-order chi connectivity index (χ0) is 10.1. The molecule has 2 aliphatic rings. The Balaban J connectivity index is 2.08. The summed E-state index contributed by atoms with van der Waals surface area (Å²) in [5.74, 6) is 2.44. The van der Waals surface area contributed by atoms with Gasteiger partial charge < -0.3 is 14.6 Å². The third kappa shape index (κ3) is 1.69. The monoisotopic (exact) mass is 219 g/mol. The summed E-state index contributed by atoms with van der Waals surface area (Å²) in [5.41, 5.74) is 0. The Bertz CT molecular complexity index is 194. The second-order valence-electron chi connectivity index (χ2n) is 4.03. The van der Waals surface area contributed by atoms with E-state index in [0.717, 1.165) is 12.8 Å². The summed E-state index contributed by atoms with van der Waals surface area (Å²) in [6, 6.07) is 0. The lowest BCUT2D eigenvalue weighted by Gasteiger charge is -2.32. The summed E-state index contributed by atoms with van der Waals surface area (Å²) in [5, 5.41) is 10.5. The Hall–Kier alpha value is 0.230. The Morgan fingerprint density at radius 1 is 1.07 bits per heavy atom. The SMILES string of the molecule is CO[C@@H]1CC[S+]2CC[C@@H](OC)[C@H]2[C@@H]1O. The number of aliphatic hydroxyl groups excluding tert-OH is 1. The van der Waals surface area contributed by atoms with Crippen molar-refractivity contribution in [3.8, 4) is 0 Å². The van der Waals surface area contributed by atoms with Gasteiger partial charge in [-0.1, -0.05) is 0 Å². The first-order valence-electron chi connectivity index (χ1n) is 5.18. The van der Waals surface area contributed by atoms with Crippen molar-refractivity contribution in [2.24, 2.45) is 0 Å². The largest absolute Gasteiger partial charge is 0.385 e. The molecule has 0 aromatic heterocycles. The van der Waals surface area contributed by atoms with Crippen LogP contribution in [0.1, 0.15) is 12.8 Å². The van der Waals surface area contributed by atoms with Crippen LogP contribution in [0.3, 0.4) is 0 Å². The summed E-state index contributed by atoms with van der Waals surface area (Å²) < 4.78 is 10.7. The molecule has 2 fully saturated rings. The molecule has 0 aromatic carbocycles. The minimum absolute atomic E-state index is 0.0273. The summed E-state index contributed by atoms with van der Waals surface area (Å²) in [4.78, 5) is 0. The molecule has 0 bridgehead atoms. The van der Waals surface area contributed by atoms with E-state index in [0.29, 0.717) is 16.1 Å². The van der Waals surface area contributed by atoms with E-state index >= 15 is 0 Å². The molecule has 3 nitrogen and oxygen atoms in total. The van der Waals surface area contributed by atoms with Gasteiger partial charge in [-0.05, 0) is 10.9 Å². The molecule has 5 atom stereocenters. The Morgan fingerprint density at radius 2 is 1.64 bits per heavy atom. The molecule has 0 aromatic rings. The van der Waals surface area contributed by atoms with Gasteiger partial charge in [0.1, 0.15) is 23.7 Å². The van der Waals surface area contributed by atoms with Crippen molar-refractivity contribution in [2.45, 2.75) is 36.4 Å². The third-order valence-corrected chi connectivity index (χ3v) is 6.28. The van der Waals surface area contributed by atoms with E-state index in [1.807, 2.05) is 0 Å². The smallest absolute Gasteiger partial charge is 0.172 e. The van der Waals surface area contributed by atoms with Crippen LogP contribution in [0.5, 0.6) is 0 Å². The van der Waals surface area contributed by atoms with Gasteiger partial charge in [-0.25, -0.2) is 0 Å². The van der Waals surface area contributed by atoms with Gasteiger partial charge in [-0.15, -0.1) is 0 Å². The molecule has 2 heterocycles. The molecule has 0 spiro atoms. The van der Waals surface area contributed by atoms with E-state index in [-0.39, 0.29) is 18.3 Å². The van der Waals surface area contributed by atoms with Crippen LogP contribution in [0.15, 0.2) is 0 Å².